The van der Waals surface area contributed by atoms with Gasteiger partial charge in [-0.15, -0.1) is 0 Å². The van der Waals surface area contributed by atoms with E-state index in [4.69, 9.17) is 0 Å². The fourth-order valence-corrected chi connectivity index (χ4v) is 1.88. The van der Waals surface area contributed by atoms with Crippen LogP contribution in [0, 0.1) is 21.3 Å². The first kappa shape index (κ1) is 11.8. The number of nitrogens with one attached hydrogen (secondary N) is 1. The van der Waals surface area contributed by atoms with Gasteiger partial charge < -0.3 is 5.32 Å². The maximum absolute atomic E-state index is 13.5. The van der Waals surface area contributed by atoms with Gasteiger partial charge in [-0.1, -0.05) is 6.92 Å². The molecule has 0 spiro atoms. The average Bonchev–Trinajstić information content (AvgIpc) is 3.08. The van der Waals surface area contributed by atoms with Crippen molar-refractivity contribution in [1.82, 2.24) is 0 Å². The third kappa shape index (κ3) is 2.54. The molecule has 92 valence electrons. The van der Waals surface area contributed by atoms with Gasteiger partial charge in [0.05, 0.1) is 16.7 Å². The van der Waals surface area contributed by atoms with E-state index in [1.54, 1.807) is 0 Å². The van der Waals surface area contributed by atoms with Crippen LogP contribution in [0.15, 0.2) is 18.2 Å². The number of rotatable bonds is 5. The van der Waals surface area contributed by atoms with Crippen LogP contribution in [0.1, 0.15) is 26.2 Å². The Labute approximate surface area is 99.0 Å². The third-order valence-corrected chi connectivity index (χ3v) is 3.52. The summed E-state index contributed by atoms with van der Waals surface area (Å²) in [6.07, 6.45) is 3.42. The van der Waals surface area contributed by atoms with E-state index in [1.807, 2.05) is 0 Å². The lowest BCUT2D eigenvalue weighted by Crippen LogP contribution is -2.15. The zero-order valence-corrected chi connectivity index (χ0v) is 9.70. The minimum Gasteiger partial charge on any atom is -0.382 e. The Balaban J connectivity index is 2.04. The van der Waals surface area contributed by atoms with Crippen molar-refractivity contribution in [3.8, 4) is 0 Å². The van der Waals surface area contributed by atoms with E-state index in [0.717, 1.165) is 19.0 Å². The minimum atomic E-state index is -0.596. The molecule has 0 aromatic heterocycles. The number of hydrogen-bond acceptors (Lipinski definition) is 3. The lowest BCUT2D eigenvalue weighted by molar-refractivity contribution is -0.385. The van der Waals surface area contributed by atoms with Crippen molar-refractivity contribution >= 4 is 11.4 Å². The molecular weight excluding hydrogens is 223 g/mol. The highest BCUT2D eigenvalue weighted by molar-refractivity contribution is 5.50. The van der Waals surface area contributed by atoms with Crippen LogP contribution in [0.4, 0.5) is 15.8 Å². The summed E-state index contributed by atoms with van der Waals surface area (Å²) >= 11 is 0. The zero-order valence-electron chi connectivity index (χ0n) is 9.70. The summed E-state index contributed by atoms with van der Waals surface area (Å²) in [5.41, 5.74) is 0.439. The van der Waals surface area contributed by atoms with Crippen molar-refractivity contribution in [2.45, 2.75) is 26.2 Å². The molecule has 1 N–H and O–H groups in total. The van der Waals surface area contributed by atoms with E-state index < -0.39 is 10.7 Å². The molecule has 0 radical (unpaired) electrons. The first-order valence-corrected chi connectivity index (χ1v) is 5.74. The topological polar surface area (TPSA) is 55.2 Å². The minimum absolute atomic E-state index is 0.218. The molecule has 0 saturated heterocycles. The smallest absolute Gasteiger partial charge is 0.272 e. The first-order valence-electron chi connectivity index (χ1n) is 5.74. The summed E-state index contributed by atoms with van der Waals surface area (Å²) in [5.74, 6) is -0.564. The summed E-state index contributed by atoms with van der Waals surface area (Å²) in [5, 5.41) is 13.5. The molecule has 0 heterocycles. The van der Waals surface area contributed by atoms with Crippen LogP contribution in [0.3, 0.4) is 0 Å². The van der Waals surface area contributed by atoms with Crippen molar-refractivity contribution < 1.29 is 9.31 Å². The predicted octanol–water partition coefficient (Wildman–Crippen LogP) is 3.34. The largest absolute Gasteiger partial charge is 0.382 e. The molecule has 0 atom stereocenters. The molecule has 1 fully saturated rings. The molecule has 17 heavy (non-hydrogen) atoms. The summed E-state index contributed by atoms with van der Waals surface area (Å²) in [6, 6.07) is 3.70. The molecule has 1 saturated carbocycles. The van der Waals surface area contributed by atoms with Gasteiger partial charge in [0.25, 0.3) is 5.69 Å². The van der Waals surface area contributed by atoms with Crippen molar-refractivity contribution in [2.24, 2.45) is 5.41 Å². The van der Waals surface area contributed by atoms with Crippen LogP contribution in [0.5, 0.6) is 0 Å². The number of non-ortho nitro benzene ring substituents is 1. The zero-order chi connectivity index (χ0) is 12.5. The van der Waals surface area contributed by atoms with Gasteiger partial charge >= 0.3 is 0 Å². The highest BCUT2D eigenvalue weighted by Crippen LogP contribution is 2.48. The second-order valence-corrected chi connectivity index (χ2v) is 4.63. The van der Waals surface area contributed by atoms with Crippen LogP contribution < -0.4 is 5.32 Å². The molecule has 0 amide bonds. The van der Waals surface area contributed by atoms with Crippen LogP contribution >= 0.6 is 0 Å². The number of hydrogen-bond donors (Lipinski definition) is 1. The SMILES string of the molecule is CCC1(CNc2ccc([N+](=O)[O-])cc2F)CC1. The van der Waals surface area contributed by atoms with Crippen LogP contribution in [0.2, 0.25) is 0 Å². The molecule has 0 aliphatic heterocycles. The van der Waals surface area contributed by atoms with Crippen molar-refractivity contribution in [3.05, 3.63) is 34.1 Å². The third-order valence-electron chi connectivity index (χ3n) is 3.52. The van der Waals surface area contributed by atoms with Gasteiger partial charge in [0.15, 0.2) is 5.82 Å². The van der Waals surface area contributed by atoms with Gasteiger partial charge in [-0.25, -0.2) is 4.39 Å². The van der Waals surface area contributed by atoms with Gasteiger partial charge in [0.2, 0.25) is 0 Å². The maximum atomic E-state index is 13.5. The monoisotopic (exact) mass is 238 g/mol. The Bertz CT molecular complexity index is 444. The van der Waals surface area contributed by atoms with E-state index >= 15 is 0 Å². The van der Waals surface area contributed by atoms with Crippen molar-refractivity contribution in [1.29, 1.82) is 0 Å². The number of nitro benzene ring substituents is 1. The molecule has 0 bridgehead atoms. The fourth-order valence-electron chi connectivity index (χ4n) is 1.88. The van der Waals surface area contributed by atoms with E-state index in [9.17, 15) is 14.5 Å². The molecule has 1 aliphatic carbocycles. The van der Waals surface area contributed by atoms with E-state index in [2.05, 4.69) is 12.2 Å². The Morgan fingerprint density at radius 2 is 2.24 bits per heavy atom. The highest BCUT2D eigenvalue weighted by atomic mass is 19.1. The van der Waals surface area contributed by atoms with Crippen molar-refractivity contribution in [3.63, 3.8) is 0 Å². The van der Waals surface area contributed by atoms with Gasteiger partial charge in [0.1, 0.15) is 0 Å². The normalized spacial score (nSPS) is 16.6. The molecule has 1 aromatic rings. The standard InChI is InChI=1S/C12H15FN2O2/c1-2-12(5-6-12)8-14-11-4-3-9(15(16)17)7-10(11)13/h3-4,7,14H,2,5-6,8H2,1H3. The lowest BCUT2D eigenvalue weighted by Gasteiger charge is -2.14. The highest BCUT2D eigenvalue weighted by Gasteiger charge is 2.40. The molecule has 5 heteroatoms. The predicted molar refractivity (Wildman–Crippen MR) is 63.5 cm³/mol. The molecule has 0 unspecified atom stereocenters. The average molecular weight is 238 g/mol. The quantitative estimate of drug-likeness (QED) is 0.632. The molecule has 2 rings (SSSR count). The Hall–Kier alpha value is -1.65. The summed E-state index contributed by atoms with van der Waals surface area (Å²) in [6.45, 7) is 2.86. The summed E-state index contributed by atoms with van der Waals surface area (Å²) < 4.78 is 13.5. The second-order valence-electron chi connectivity index (χ2n) is 4.63. The van der Waals surface area contributed by atoms with Crippen LogP contribution in [-0.2, 0) is 0 Å². The van der Waals surface area contributed by atoms with Gasteiger partial charge in [-0.05, 0) is 30.7 Å². The Morgan fingerprint density at radius 1 is 1.53 bits per heavy atom. The molecule has 1 aliphatic rings. The van der Waals surface area contributed by atoms with Crippen molar-refractivity contribution in [2.75, 3.05) is 11.9 Å². The number of nitro groups is 1. The van der Waals surface area contributed by atoms with E-state index in [-0.39, 0.29) is 5.69 Å². The Morgan fingerprint density at radius 3 is 2.71 bits per heavy atom. The van der Waals surface area contributed by atoms with Gasteiger partial charge in [-0.2, -0.15) is 0 Å². The molecule has 1 aromatic carbocycles. The number of nitrogens with zero attached hydrogens (tertiary/aromatic N) is 1. The lowest BCUT2D eigenvalue weighted by atomic mass is 10.0. The number of benzene rings is 1. The Kier molecular flexibility index (Phi) is 3.00. The molecular formula is C12H15FN2O2. The van der Waals surface area contributed by atoms with E-state index in [0.29, 0.717) is 11.1 Å². The van der Waals surface area contributed by atoms with Gasteiger partial charge in [0, 0.05) is 12.6 Å². The second kappa shape index (κ2) is 4.31. The van der Waals surface area contributed by atoms with Crippen LogP contribution in [-0.4, -0.2) is 11.5 Å². The summed E-state index contributed by atoms with van der Waals surface area (Å²) in [4.78, 5) is 9.86. The first-order chi connectivity index (χ1) is 8.06. The number of anilines is 1. The fraction of sp³-hybridized carbons (Fsp3) is 0.500. The maximum Gasteiger partial charge on any atom is 0.272 e. The van der Waals surface area contributed by atoms with Crippen LogP contribution in [0.25, 0.3) is 0 Å². The summed E-state index contributed by atoms with van der Waals surface area (Å²) in [7, 11) is 0. The van der Waals surface area contributed by atoms with Gasteiger partial charge in [-0.3, -0.25) is 10.1 Å². The number of halogens is 1. The van der Waals surface area contributed by atoms with E-state index in [1.165, 1.54) is 25.0 Å². The molecule has 4 nitrogen and oxygen atoms in total.